The van der Waals surface area contributed by atoms with Crippen molar-refractivity contribution in [3.05, 3.63) is 73.1 Å². The summed E-state index contributed by atoms with van der Waals surface area (Å²) in [6.45, 7) is 0. The molecule has 2 fully saturated rings. The second kappa shape index (κ2) is 9.13. The Balaban J connectivity index is 0.000000126. The fourth-order valence-electron chi connectivity index (χ4n) is 3.17. The lowest BCUT2D eigenvalue weighted by atomic mass is 9.84. The molecule has 0 saturated heterocycles. The van der Waals surface area contributed by atoms with Crippen molar-refractivity contribution in [2.24, 2.45) is 0 Å². The molecular weight excluding hydrogens is 347 g/mol. The summed E-state index contributed by atoms with van der Waals surface area (Å²) >= 11 is 0. The molecule has 0 spiro atoms. The molecule has 0 aliphatic heterocycles. The Hall–Kier alpha value is -2.50. The maximum Gasteiger partial charge on any atom is 0.454 e. The molecule has 2 aromatic carbocycles. The lowest BCUT2D eigenvalue weighted by Crippen LogP contribution is -2.09. The topological polar surface area (TPSA) is 61.2 Å². The van der Waals surface area contributed by atoms with Gasteiger partial charge in [-0.2, -0.15) is 0 Å². The molecule has 0 unspecified atom stereocenters. The van der Waals surface area contributed by atoms with E-state index < -0.39 is 7.12 Å². The molecule has 2 aromatic heterocycles. The minimum atomic E-state index is -1.04. The standard InChI is InChI=1S/C11H11N.C8H7N.C3H7BO2.CH4/c1-2-4-11-9(3-1)7-8-12(11)10-5-6-10;1-2-4-8-7(3-1)5-6-9-8;5-4(6)3-1-2-3;/h1-4,7-8,10H,5-6H2;1-6,9H;3,5-6H,1-2H2;1H4. The van der Waals surface area contributed by atoms with Gasteiger partial charge in [-0.05, 0) is 53.7 Å². The number of nitrogens with one attached hydrogen (secondary N) is 1. The van der Waals surface area contributed by atoms with Crippen molar-refractivity contribution in [1.82, 2.24) is 9.55 Å². The van der Waals surface area contributed by atoms with Gasteiger partial charge in [0.2, 0.25) is 0 Å². The Morgan fingerprint density at radius 2 is 1.50 bits per heavy atom. The van der Waals surface area contributed by atoms with Gasteiger partial charge in [-0.1, -0.05) is 56.7 Å². The first kappa shape index (κ1) is 20.2. The minimum absolute atomic E-state index is 0. The Kier molecular flexibility index (Phi) is 6.60. The van der Waals surface area contributed by atoms with Crippen LogP contribution in [0.3, 0.4) is 0 Å². The van der Waals surface area contributed by atoms with Crippen LogP contribution in [0.15, 0.2) is 73.1 Å². The molecule has 0 bridgehead atoms. The highest BCUT2D eigenvalue weighted by atomic mass is 16.4. The van der Waals surface area contributed by atoms with Crippen LogP contribution in [-0.4, -0.2) is 26.7 Å². The van der Waals surface area contributed by atoms with Crippen LogP contribution < -0.4 is 0 Å². The van der Waals surface area contributed by atoms with Gasteiger partial charge >= 0.3 is 7.12 Å². The predicted molar refractivity (Wildman–Crippen MR) is 118 cm³/mol. The number of H-pyrrole nitrogens is 1. The van der Waals surface area contributed by atoms with Gasteiger partial charge in [-0.3, -0.25) is 0 Å². The molecule has 2 aliphatic carbocycles. The number of nitrogens with zero attached hydrogens (tertiary/aromatic N) is 1. The molecule has 2 aliphatic rings. The van der Waals surface area contributed by atoms with Crippen molar-refractivity contribution in [3.8, 4) is 0 Å². The minimum Gasteiger partial charge on any atom is -0.427 e. The summed E-state index contributed by atoms with van der Waals surface area (Å²) in [4.78, 5) is 3.12. The van der Waals surface area contributed by atoms with Crippen LogP contribution in [0.5, 0.6) is 0 Å². The van der Waals surface area contributed by atoms with Crippen molar-refractivity contribution in [3.63, 3.8) is 0 Å². The number of rotatable bonds is 2. The summed E-state index contributed by atoms with van der Waals surface area (Å²) in [5.41, 5.74) is 2.59. The number of para-hydroxylation sites is 2. The van der Waals surface area contributed by atoms with E-state index in [0.29, 0.717) is 0 Å². The highest BCUT2D eigenvalue weighted by Crippen LogP contribution is 2.37. The van der Waals surface area contributed by atoms with Crippen LogP contribution in [0.2, 0.25) is 5.82 Å². The van der Waals surface area contributed by atoms with Crippen LogP contribution in [0.4, 0.5) is 0 Å². The first-order chi connectivity index (χ1) is 13.2. The number of aromatic nitrogens is 2. The van der Waals surface area contributed by atoms with Gasteiger partial charge in [0.15, 0.2) is 0 Å². The predicted octanol–water partition coefficient (Wildman–Crippen LogP) is 5.40. The van der Waals surface area contributed by atoms with Gasteiger partial charge in [-0.25, -0.2) is 0 Å². The Bertz CT molecular complexity index is 970. The molecule has 4 nitrogen and oxygen atoms in total. The summed E-state index contributed by atoms with van der Waals surface area (Å²) in [5.74, 6) is 0.213. The molecule has 6 rings (SSSR count). The summed E-state index contributed by atoms with van der Waals surface area (Å²) < 4.78 is 2.40. The zero-order chi connectivity index (χ0) is 18.6. The van der Waals surface area contributed by atoms with E-state index >= 15 is 0 Å². The summed E-state index contributed by atoms with van der Waals surface area (Å²) in [5, 5.41) is 19.1. The van der Waals surface area contributed by atoms with Gasteiger partial charge < -0.3 is 19.6 Å². The molecule has 28 heavy (non-hydrogen) atoms. The van der Waals surface area contributed by atoms with Crippen molar-refractivity contribution in [2.75, 3.05) is 0 Å². The molecule has 2 heterocycles. The van der Waals surface area contributed by atoms with Crippen LogP contribution in [0.1, 0.15) is 39.2 Å². The smallest absolute Gasteiger partial charge is 0.427 e. The van der Waals surface area contributed by atoms with E-state index in [2.05, 4.69) is 64.3 Å². The van der Waals surface area contributed by atoms with Gasteiger partial charge in [-0.15, -0.1) is 0 Å². The van der Waals surface area contributed by atoms with Gasteiger partial charge in [0.1, 0.15) is 0 Å². The van der Waals surface area contributed by atoms with E-state index in [-0.39, 0.29) is 13.2 Å². The third-order valence-corrected chi connectivity index (χ3v) is 5.08. The maximum atomic E-state index is 8.25. The fraction of sp³-hybridized carbons (Fsp3) is 0.304. The van der Waals surface area contributed by atoms with E-state index in [4.69, 9.17) is 10.0 Å². The third-order valence-electron chi connectivity index (χ3n) is 5.08. The Morgan fingerprint density at radius 3 is 2.11 bits per heavy atom. The second-order valence-corrected chi connectivity index (χ2v) is 7.33. The Labute approximate surface area is 167 Å². The average Bonchev–Trinajstić information content (AvgIpc) is 3.63. The number of benzene rings is 2. The summed E-state index contributed by atoms with van der Waals surface area (Å²) in [7, 11) is -1.04. The van der Waals surface area contributed by atoms with Gasteiger partial charge in [0, 0.05) is 29.5 Å². The zero-order valence-corrected chi connectivity index (χ0v) is 15.3. The highest BCUT2D eigenvalue weighted by Gasteiger charge is 2.33. The number of fused-ring (bicyclic) bond motifs is 2. The molecule has 5 heteroatoms. The number of aromatic amines is 1. The van der Waals surface area contributed by atoms with E-state index in [0.717, 1.165) is 18.9 Å². The summed E-state index contributed by atoms with van der Waals surface area (Å²) in [6, 6.07) is 21.9. The van der Waals surface area contributed by atoms with Crippen LogP contribution in [0, 0.1) is 0 Å². The molecule has 0 radical (unpaired) electrons. The normalized spacial score (nSPS) is 15.1. The second-order valence-electron chi connectivity index (χ2n) is 7.33. The fourth-order valence-corrected chi connectivity index (χ4v) is 3.17. The highest BCUT2D eigenvalue weighted by molar-refractivity contribution is 6.44. The largest absolute Gasteiger partial charge is 0.454 e. The van der Waals surface area contributed by atoms with E-state index in [9.17, 15) is 0 Å². The SMILES string of the molecule is C.OB(O)C1CC1.c1ccc2[nH]ccc2c1.c1ccc2c(c1)ccn2C1CC1. The summed E-state index contributed by atoms with van der Waals surface area (Å²) in [6.07, 6.45) is 8.87. The average molecular weight is 376 g/mol. The van der Waals surface area contributed by atoms with E-state index in [1.54, 1.807) is 0 Å². The van der Waals surface area contributed by atoms with Gasteiger partial charge in [0.05, 0.1) is 0 Å². The molecule has 4 aromatic rings. The lowest BCUT2D eigenvalue weighted by molar-refractivity contribution is 0.403. The quantitative estimate of drug-likeness (QED) is 0.410. The van der Waals surface area contributed by atoms with Crippen molar-refractivity contribution < 1.29 is 10.0 Å². The number of hydrogen-bond acceptors (Lipinski definition) is 2. The molecule has 2 saturated carbocycles. The first-order valence-electron chi connectivity index (χ1n) is 9.66. The van der Waals surface area contributed by atoms with Crippen LogP contribution in [-0.2, 0) is 0 Å². The monoisotopic (exact) mass is 376 g/mol. The van der Waals surface area contributed by atoms with Crippen LogP contribution in [0.25, 0.3) is 21.8 Å². The first-order valence-corrected chi connectivity index (χ1v) is 9.66. The van der Waals surface area contributed by atoms with Gasteiger partial charge in [0.25, 0.3) is 0 Å². The molecule has 146 valence electrons. The molecule has 3 N–H and O–H groups in total. The van der Waals surface area contributed by atoms with E-state index in [1.165, 1.54) is 34.6 Å². The molecule has 0 atom stereocenters. The molecule has 0 amide bonds. The number of hydrogen-bond donors (Lipinski definition) is 3. The van der Waals surface area contributed by atoms with E-state index in [1.807, 2.05) is 18.3 Å². The molecular formula is C23H29BN2O2. The van der Waals surface area contributed by atoms with Crippen molar-refractivity contribution >= 4 is 28.9 Å². The van der Waals surface area contributed by atoms with Crippen LogP contribution >= 0.6 is 0 Å². The van der Waals surface area contributed by atoms with Crippen molar-refractivity contribution in [1.29, 1.82) is 0 Å². The lowest BCUT2D eigenvalue weighted by Gasteiger charge is -2.00. The Morgan fingerprint density at radius 1 is 0.821 bits per heavy atom. The maximum absolute atomic E-state index is 8.25. The third kappa shape index (κ3) is 5.06. The zero-order valence-electron chi connectivity index (χ0n) is 15.3. The van der Waals surface area contributed by atoms with Crippen molar-refractivity contribution in [2.45, 2.75) is 45.0 Å².